The van der Waals surface area contributed by atoms with Crippen LogP contribution < -0.4 is 4.74 Å². The highest BCUT2D eigenvalue weighted by molar-refractivity contribution is 6.07. The van der Waals surface area contributed by atoms with E-state index >= 15 is 0 Å². The molecule has 140 valence electrons. The zero-order valence-corrected chi connectivity index (χ0v) is 15.9. The lowest BCUT2D eigenvalue weighted by Gasteiger charge is -2.44. The standard InChI is InChI=1S/C22H30N2O2/c1-2-3-4-5-13-26-17-8-9-18-16(14-17)10-12-24-21(18)15-20-19(22(24)25)7-6-11-23-20/h8-9,14,19,21H,2-7,10-13,15H2,1H3. The molecule has 0 aromatic heterocycles. The molecule has 2 unspecified atom stereocenters. The third kappa shape index (κ3) is 3.38. The molecule has 3 aliphatic rings. The number of hydrogen-bond donors (Lipinski definition) is 0. The monoisotopic (exact) mass is 354 g/mol. The van der Waals surface area contributed by atoms with Crippen LogP contribution in [0, 0.1) is 5.92 Å². The lowest BCUT2D eigenvalue weighted by molar-refractivity contribution is -0.138. The molecule has 0 saturated carbocycles. The first-order chi connectivity index (χ1) is 12.8. The van der Waals surface area contributed by atoms with Crippen LogP contribution in [0.5, 0.6) is 5.75 Å². The quantitative estimate of drug-likeness (QED) is 0.714. The van der Waals surface area contributed by atoms with Crippen LogP contribution in [0.4, 0.5) is 0 Å². The van der Waals surface area contributed by atoms with Crippen molar-refractivity contribution in [2.75, 3.05) is 19.7 Å². The Bertz CT molecular complexity index is 697. The molecule has 0 aliphatic carbocycles. The van der Waals surface area contributed by atoms with Gasteiger partial charge in [0, 0.05) is 25.2 Å². The molecule has 1 fully saturated rings. The number of hydrogen-bond acceptors (Lipinski definition) is 3. The van der Waals surface area contributed by atoms with E-state index in [9.17, 15) is 4.79 Å². The largest absolute Gasteiger partial charge is 0.494 e. The maximum atomic E-state index is 12.9. The molecular weight excluding hydrogens is 324 g/mol. The molecule has 4 rings (SSSR count). The lowest BCUT2D eigenvalue weighted by atomic mass is 9.79. The molecule has 1 aromatic carbocycles. The van der Waals surface area contributed by atoms with E-state index in [-0.39, 0.29) is 12.0 Å². The molecule has 1 saturated heterocycles. The lowest BCUT2D eigenvalue weighted by Crippen LogP contribution is -2.51. The van der Waals surface area contributed by atoms with E-state index in [4.69, 9.17) is 9.73 Å². The summed E-state index contributed by atoms with van der Waals surface area (Å²) in [7, 11) is 0. The van der Waals surface area contributed by atoms with E-state index in [1.54, 1.807) is 0 Å². The Kier molecular flexibility index (Phi) is 5.28. The molecule has 1 aromatic rings. The summed E-state index contributed by atoms with van der Waals surface area (Å²) in [4.78, 5) is 19.7. The van der Waals surface area contributed by atoms with Gasteiger partial charge < -0.3 is 9.64 Å². The van der Waals surface area contributed by atoms with Gasteiger partial charge in [-0.05, 0) is 48.9 Å². The minimum atomic E-state index is 0.0623. The van der Waals surface area contributed by atoms with Crippen molar-refractivity contribution < 1.29 is 9.53 Å². The van der Waals surface area contributed by atoms with Crippen molar-refractivity contribution >= 4 is 11.6 Å². The van der Waals surface area contributed by atoms with Crippen LogP contribution in [-0.2, 0) is 11.2 Å². The van der Waals surface area contributed by atoms with E-state index in [1.807, 2.05) is 0 Å². The molecule has 26 heavy (non-hydrogen) atoms. The summed E-state index contributed by atoms with van der Waals surface area (Å²) in [6, 6.07) is 6.65. The van der Waals surface area contributed by atoms with E-state index in [0.29, 0.717) is 5.91 Å². The summed E-state index contributed by atoms with van der Waals surface area (Å²) in [6.45, 7) is 4.75. The van der Waals surface area contributed by atoms with Crippen molar-refractivity contribution in [3.63, 3.8) is 0 Å². The summed E-state index contributed by atoms with van der Waals surface area (Å²) in [5.74, 6) is 1.34. The van der Waals surface area contributed by atoms with Crippen molar-refractivity contribution in [1.82, 2.24) is 4.90 Å². The molecule has 4 nitrogen and oxygen atoms in total. The fourth-order valence-corrected chi connectivity index (χ4v) is 4.65. The number of carbonyl (C=O) groups excluding carboxylic acids is 1. The van der Waals surface area contributed by atoms with Gasteiger partial charge >= 0.3 is 0 Å². The maximum Gasteiger partial charge on any atom is 0.231 e. The molecular formula is C22H30N2O2. The van der Waals surface area contributed by atoms with Crippen molar-refractivity contribution in [2.24, 2.45) is 10.9 Å². The molecule has 0 N–H and O–H groups in total. The number of unbranched alkanes of at least 4 members (excludes halogenated alkanes) is 3. The van der Waals surface area contributed by atoms with Gasteiger partial charge in [-0.3, -0.25) is 9.79 Å². The van der Waals surface area contributed by atoms with Gasteiger partial charge in [0.2, 0.25) is 5.91 Å². The second-order valence-electron chi connectivity index (χ2n) is 7.84. The summed E-state index contributed by atoms with van der Waals surface area (Å²) in [5.41, 5.74) is 3.79. The van der Waals surface area contributed by atoms with Crippen LogP contribution in [0.2, 0.25) is 0 Å². The number of nitrogens with zero attached hydrogens (tertiary/aromatic N) is 2. The van der Waals surface area contributed by atoms with Gasteiger partial charge in [0.25, 0.3) is 0 Å². The number of rotatable bonds is 6. The summed E-state index contributed by atoms with van der Waals surface area (Å²) in [5, 5.41) is 0. The molecule has 1 amide bonds. The zero-order valence-electron chi connectivity index (χ0n) is 15.9. The van der Waals surface area contributed by atoms with Gasteiger partial charge in [0.1, 0.15) is 5.75 Å². The predicted octanol–water partition coefficient (Wildman–Crippen LogP) is 4.33. The fourth-order valence-electron chi connectivity index (χ4n) is 4.65. The third-order valence-corrected chi connectivity index (χ3v) is 6.09. The minimum Gasteiger partial charge on any atom is -0.494 e. The Hall–Kier alpha value is -1.84. The Morgan fingerprint density at radius 2 is 2.19 bits per heavy atom. The van der Waals surface area contributed by atoms with Crippen LogP contribution in [0.25, 0.3) is 0 Å². The highest BCUT2D eigenvalue weighted by Crippen LogP contribution is 2.40. The molecule has 0 radical (unpaired) electrons. The van der Waals surface area contributed by atoms with Crippen LogP contribution in [0.3, 0.4) is 0 Å². The Morgan fingerprint density at radius 1 is 1.27 bits per heavy atom. The van der Waals surface area contributed by atoms with Gasteiger partial charge in [0.15, 0.2) is 0 Å². The van der Waals surface area contributed by atoms with Gasteiger partial charge in [-0.1, -0.05) is 32.3 Å². The van der Waals surface area contributed by atoms with Gasteiger partial charge in [0.05, 0.1) is 18.6 Å². The number of fused-ring (bicyclic) bond motifs is 4. The number of carbonyl (C=O) groups is 1. The van der Waals surface area contributed by atoms with Crippen LogP contribution >= 0.6 is 0 Å². The Balaban J connectivity index is 1.47. The second-order valence-corrected chi connectivity index (χ2v) is 7.84. The van der Waals surface area contributed by atoms with Crippen molar-refractivity contribution in [3.8, 4) is 5.75 Å². The molecule has 3 aliphatic heterocycles. The molecule has 0 bridgehead atoms. The highest BCUT2D eigenvalue weighted by atomic mass is 16.5. The number of ether oxygens (including phenoxy) is 1. The van der Waals surface area contributed by atoms with Crippen LogP contribution in [0.1, 0.15) is 69.0 Å². The molecule has 3 heterocycles. The third-order valence-electron chi connectivity index (χ3n) is 6.09. The van der Waals surface area contributed by atoms with Crippen LogP contribution in [-0.4, -0.2) is 36.2 Å². The first-order valence-electron chi connectivity index (χ1n) is 10.4. The first kappa shape index (κ1) is 17.6. The predicted molar refractivity (Wildman–Crippen MR) is 104 cm³/mol. The smallest absolute Gasteiger partial charge is 0.231 e. The Labute approximate surface area is 156 Å². The fraction of sp³-hybridized carbons (Fsp3) is 0.636. The summed E-state index contributed by atoms with van der Waals surface area (Å²) in [6.07, 6.45) is 8.78. The SMILES string of the molecule is CCCCCCOc1ccc2c(c1)CCN1C(=O)C3CCCN=C3CC21. The number of piperidine rings is 1. The van der Waals surface area contributed by atoms with Crippen molar-refractivity contribution in [2.45, 2.75) is 64.3 Å². The average Bonchev–Trinajstić information content (AvgIpc) is 2.68. The summed E-state index contributed by atoms with van der Waals surface area (Å²) >= 11 is 0. The second kappa shape index (κ2) is 7.81. The molecule has 0 spiro atoms. The van der Waals surface area contributed by atoms with E-state index in [1.165, 1.54) is 30.4 Å². The van der Waals surface area contributed by atoms with Gasteiger partial charge in [-0.2, -0.15) is 0 Å². The number of aliphatic imine (C=N–C) groups is 1. The Morgan fingerprint density at radius 3 is 3.08 bits per heavy atom. The van der Waals surface area contributed by atoms with E-state index in [2.05, 4.69) is 30.0 Å². The van der Waals surface area contributed by atoms with Crippen LogP contribution in [0.15, 0.2) is 23.2 Å². The van der Waals surface area contributed by atoms with Crippen molar-refractivity contribution in [3.05, 3.63) is 29.3 Å². The highest BCUT2D eigenvalue weighted by Gasteiger charge is 2.42. The number of amides is 1. The maximum absolute atomic E-state index is 12.9. The van der Waals surface area contributed by atoms with E-state index < -0.39 is 0 Å². The normalized spacial score (nSPS) is 24.4. The number of benzene rings is 1. The topological polar surface area (TPSA) is 41.9 Å². The van der Waals surface area contributed by atoms with Gasteiger partial charge in [-0.25, -0.2) is 0 Å². The molecule has 2 atom stereocenters. The average molecular weight is 354 g/mol. The summed E-state index contributed by atoms with van der Waals surface area (Å²) < 4.78 is 5.96. The van der Waals surface area contributed by atoms with Gasteiger partial charge in [-0.15, -0.1) is 0 Å². The first-order valence-corrected chi connectivity index (χ1v) is 10.4. The zero-order chi connectivity index (χ0) is 17.9. The van der Waals surface area contributed by atoms with E-state index in [0.717, 1.165) is 63.3 Å². The minimum absolute atomic E-state index is 0.0623. The molecule has 4 heteroatoms. The van der Waals surface area contributed by atoms with Crippen molar-refractivity contribution in [1.29, 1.82) is 0 Å².